The maximum Gasteiger partial charge on any atom is 0.303 e. The summed E-state index contributed by atoms with van der Waals surface area (Å²) < 4.78 is 0. The van der Waals surface area contributed by atoms with Gasteiger partial charge in [-0.05, 0) is 37.3 Å². The molecule has 1 saturated heterocycles. The van der Waals surface area contributed by atoms with Crippen molar-refractivity contribution in [1.29, 1.82) is 0 Å². The minimum absolute atomic E-state index is 0.0380. The van der Waals surface area contributed by atoms with E-state index < -0.39 is 5.97 Å². The fraction of sp³-hybridized carbons (Fsp3) is 0.846. The van der Waals surface area contributed by atoms with Crippen molar-refractivity contribution in [3.8, 4) is 0 Å². The zero-order valence-corrected chi connectivity index (χ0v) is 11.3. The van der Waals surface area contributed by atoms with Crippen molar-refractivity contribution < 1.29 is 14.7 Å². The van der Waals surface area contributed by atoms with Crippen LogP contribution in [0.3, 0.4) is 0 Å². The van der Waals surface area contributed by atoms with E-state index in [1.54, 1.807) is 0 Å². The Bertz CT molecular complexity index is 299. The van der Waals surface area contributed by atoms with E-state index in [-0.39, 0.29) is 17.7 Å². The normalized spacial score (nSPS) is 16.1. The summed E-state index contributed by atoms with van der Waals surface area (Å²) in [5.41, 5.74) is -0.0380. The van der Waals surface area contributed by atoms with Gasteiger partial charge in [-0.1, -0.05) is 13.8 Å². The fourth-order valence-corrected chi connectivity index (χ4v) is 1.94. The van der Waals surface area contributed by atoms with E-state index in [1.165, 1.54) is 0 Å². The molecule has 1 aliphatic rings. The minimum atomic E-state index is -0.760. The average molecular weight is 256 g/mol. The first-order chi connectivity index (χ1) is 8.39. The predicted molar refractivity (Wildman–Crippen MR) is 69.3 cm³/mol. The molecule has 0 aromatic heterocycles. The third kappa shape index (κ3) is 6.00. The van der Waals surface area contributed by atoms with Crippen LogP contribution in [-0.2, 0) is 9.59 Å². The van der Waals surface area contributed by atoms with E-state index in [4.69, 9.17) is 5.11 Å². The highest BCUT2D eigenvalue weighted by atomic mass is 16.4. The smallest absolute Gasteiger partial charge is 0.303 e. The van der Waals surface area contributed by atoms with Gasteiger partial charge >= 0.3 is 5.97 Å². The average Bonchev–Trinajstić information content (AvgIpc) is 2.21. The molecule has 3 N–H and O–H groups in total. The number of amides is 1. The van der Waals surface area contributed by atoms with Crippen LogP contribution in [0.2, 0.25) is 0 Å². The van der Waals surface area contributed by atoms with E-state index in [1.807, 2.05) is 13.8 Å². The highest BCUT2D eigenvalue weighted by molar-refractivity contribution is 5.76. The molecule has 1 aliphatic heterocycles. The van der Waals surface area contributed by atoms with Crippen LogP contribution in [-0.4, -0.2) is 36.6 Å². The molecular formula is C13H24N2O3. The van der Waals surface area contributed by atoms with Gasteiger partial charge in [0.15, 0.2) is 0 Å². The number of rotatable bonds is 8. The molecule has 0 aliphatic carbocycles. The van der Waals surface area contributed by atoms with Gasteiger partial charge in [-0.3, -0.25) is 9.59 Å². The monoisotopic (exact) mass is 256 g/mol. The zero-order chi connectivity index (χ0) is 13.6. The van der Waals surface area contributed by atoms with Crippen LogP contribution in [0, 0.1) is 11.3 Å². The number of carboxylic acid groups (broad SMARTS) is 1. The second-order valence-electron chi connectivity index (χ2n) is 5.89. The molecule has 104 valence electrons. The predicted octanol–water partition coefficient (Wildman–Crippen LogP) is 0.993. The Morgan fingerprint density at radius 1 is 1.33 bits per heavy atom. The summed E-state index contributed by atoms with van der Waals surface area (Å²) in [4.78, 5) is 22.1. The van der Waals surface area contributed by atoms with Gasteiger partial charge in [0.25, 0.3) is 0 Å². The summed E-state index contributed by atoms with van der Waals surface area (Å²) in [6.07, 6.45) is 2.25. The molecular weight excluding hydrogens is 232 g/mol. The first-order valence-electron chi connectivity index (χ1n) is 6.58. The molecule has 0 bridgehead atoms. The summed E-state index contributed by atoms with van der Waals surface area (Å²) in [5.74, 6) is -0.162. The molecule has 18 heavy (non-hydrogen) atoms. The lowest BCUT2D eigenvalue weighted by Crippen LogP contribution is -2.44. The van der Waals surface area contributed by atoms with E-state index in [9.17, 15) is 9.59 Å². The Kier molecular flexibility index (Phi) is 5.59. The molecule has 0 spiro atoms. The molecule has 0 unspecified atom stereocenters. The number of carbonyl (C=O) groups is 2. The number of carbonyl (C=O) groups excluding carboxylic acids is 1. The summed E-state index contributed by atoms with van der Waals surface area (Å²) in [6, 6.07) is 0. The van der Waals surface area contributed by atoms with Crippen LogP contribution in [0.4, 0.5) is 0 Å². The van der Waals surface area contributed by atoms with Crippen LogP contribution in [0.5, 0.6) is 0 Å². The molecule has 0 aromatic rings. The first-order valence-corrected chi connectivity index (χ1v) is 6.58. The highest BCUT2D eigenvalue weighted by Crippen LogP contribution is 2.26. The van der Waals surface area contributed by atoms with Crippen molar-refractivity contribution in [2.45, 2.75) is 39.5 Å². The van der Waals surface area contributed by atoms with Gasteiger partial charge in [-0.15, -0.1) is 0 Å². The molecule has 0 saturated carbocycles. The molecule has 1 fully saturated rings. The second kappa shape index (κ2) is 6.73. The Morgan fingerprint density at radius 2 is 2.00 bits per heavy atom. The first kappa shape index (κ1) is 15.0. The molecule has 5 heteroatoms. The Balaban J connectivity index is 2.10. The number of aliphatic carboxylic acids is 1. The quantitative estimate of drug-likeness (QED) is 0.605. The minimum Gasteiger partial charge on any atom is -0.481 e. The summed E-state index contributed by atoms with van der Waals surface area (Å²) in [6.45, 7) is 6.59. The lowest BCUT2D eigenvalue weighted by molar-refractivity contribution is -0.137. The van der Waals surface area contributed by atoms with Gasteiger partial charge in [0, 0.05) is 19.4 Å². The van der Waals surface area contributed by atoms with Gasteiger partial charge in [-0.2, -0.15) is 0 Å². The van der Waals surface area contributed by atoms with E-state index in [0.717, 1.165) is 19.5 Å². The molecule has 0 atom stereocenters. The maximum atomic E-state index is 11.6. The lowest BCUT2D eigenvalue weighted by Gasteiger charge is -2.27. The summed E-state index contributed by atoms with van der Waals surface area (Å²) in [7, 11) is 0. The Morgan fingerprint density at radius 3 is 2.50 bits per heavy atom. The van der Waals surface area contributed by atoms with E-state index in [0.29, 0.717) is 25.3 Å². The van der Waals surface area contributed by atoms with Crippen LogP contribution < -0.4 is 10.6 Å². The highest BCUT2D eigenvalue weighted by Gasteiger charge is 2.21. The second-order valence-corrected chi connectivity index (χ2v) is 5.89. The molecule has 0 radical (unpaired) electrons. The summed E-state index contributed by atoms with van der Waals surface area (Å²) >= 11 is 0. The summed E-state index contributed by atoms with van der Waals surface area (Å²) in [5, 5.41) is 14.7. The standard InChI is InChI=1S/C13H24N2O3/c1-13(2,4-3-12(17)18)5-6-15-11(16)7-10-8-14-9-10/h10,14H,3-9H2,1-2H3,(H,15,16)(H,17,18). The lowest BCUT2D eigenvalue weighted by atomic mass is 9.84. The molecule has 1 amide bonds. The van der Waals surface area contributed by atoms with Crippen molar-refractivity contribution in [2.24, 2.45) is 11.3 Å². The number of hydrogen-bond acceptors (Lipinski definition) is 3. The fourth-order valence-electron chi connectivity index (χ4n) is 1.94. The van der Waals surface area contributed by atoms with E-state index >= 15 is 0 Å². The van der Waals surface area contributed by atoms with Crippen molar-refractivity contribution in [1.82, 2.24) is 10.6 Å². The van der Waals surface area contributed by atoms with Crippen molar-refractivity contribution in [3.05, 3.63) is 0 Å². The van der Waals surface area contributed by atoms with Gasteiger partial charge in [0.05, 0.1) is 0 Å². The van der Waals surface area contributed by atoms with Crippen molar-refractivity contribution in [2.75, 3.05) is 19.6 Å². The van der Waals surface area contributed by atoms with Gasteiger partial charge < -0.3 is 15.7 Å². The van der Waals surface area contributed by atoms with Gasteiger partial charge in [-0.25, -0.2) is 0 Å². The van der Waals surface area contributed by atoms with Crippen molar-refractivity contribution >= 4 is 11.9 Å². The van der Waals surface area contributed by atoms with Gasteiger partial charge in [0.2, 0.25) is 5.91 Å². The van der Waals surface area contributed by atoms with Crippen LogP contribution in [0.25, 0.3) is 0 Å². The SMILES string of the molecule is CC(C)(CCNC(=O)CC1CNC1)CCC(=O)O. The van der Waals surface area contributed by atoms with Crippen molar-refractivity contribution in [3.63, 3.8) is 0 Å². The van der Waals surface area contributed by atoms with Crippen LogP contribution in [0.15, 0.2) is 0 Å². The topological polar surface area (TPSA) is 78.4 Å². The molecule has 5 nitrogen and oxygen atoms in total. The molecule has 0 aromatic carbocycles. The van der Waals surface area contributed by atoms with Gasteiger partial charge in [0.1, 0.15) is 0 Å². The van der Waals surface area contributed by atoms with E-state index in [2.05, 4.69) is 10.6 Å². The third-order valence-electron chi connectivity index (χ3n) is 3.48. The van der Waals surface area contributed by atoms with Crippen LogP contribution in [0.1, 0.15) is 39.5 Å². The molecule has 1 heterocycles. The maximum absolute atomic E-state index is 11.6. The number of hydrogen-bond donors (Lipinski definition) is 3. The Hall–Kier alpha value is -1.10. The number of carboxylic acids is 1. The van der Waals surface area contributed by atoms with Crippen LogP contribution >= 0.6 is 0 Å². The third-order valence-corrected chi connectivity index (χ3v) is 3.48. The zero-order valence-electron chi connectivity index (χ0n) is 11.3. The largest absolute Gasteiger partial charge is 0.481 e. The number of nitrogens with one attached hydrogen (secondary N) is 2. The Labute approximate surface area is 108 Å². The molecule has 1 rings (SSSR count).